The Kier molecular flexibility index (Phi) is 26.6. The lowest BCUT2D eigenvalue weighted by Gasteiger charge is -2.32. The van der Waals surface area contributed by atoms with E-state index >= 15 is 8.78 Å². The van der Waals surface area contributed by atoms with Crippen LogP contribution in [0, 0.1) is 17.5 Å². The molecule has 18 rings (SSSR count). The van der Waals surface area contributed by atoms with Crippen LogP contribution in [0.2, 0.25) is 15.1 Å². The van der Waals surface area contributed by atoms with Crippen LogP contribution in [-0.2, 0) is 29.1 Å². The number of hydrogen-bond donors (Lipinski definition) is 6. The molecule has 0 radical (unpaired) electrons. The van der Waals surface area contributed by atoms with Crippen molar-refractivity contribution in [3.05, 3.63) is 215 Å². The number of nitrogens with two attached hydrogens (primary N) is 2. The molecular weight excluding hydrogens is 1680 g/mol. The molecule has 3 aliphatic heterocycles. The van der Waals surface area contributed by atoms with Gasteiger partial charge >= 0.3 is 12.2 Å². The number of carbonyl (C=O) groups is 2. The van der Waals surface area contributed by atoms with Crippen molar-refractivity contribution in [3.8, 4) is 34.5 Å². The number of carbonyl (C=O) groups excluding carboxylic acids is 2. The SMILES string of the molecule is CC(C)(C)OC(=O)NC1CCN(Cc2ccn3ncnc(Nc4ccc(Oc5ccn6ncnc6c5)c(Cl)c4F)c23)CC1.CSc1ncnn2ccc(CN3CCC(NC(=O)OC(C)(C)C)CC3)c12.NC1CCN(Cc2ccn3ncnc(Nc4ccc(Oc5ccn6ncnc6c5)c(Cl)c4F)c23)CC1.Nc1ccc(Oc2ccn3ncnc3c2)c(Cl)c1F. The summed E-state index contributed by atoms with van der Waals surface area (Å²) >= 11 is 20.2. The second kappa shape index (κ2) is 38.1. The van der Waals surface area contributed by atoms with Gasteiger partial charge in [-0.1, -0.05) is 34.8 Å². The van der Waals surface area contributed by atoms with Crippen molar-refractivity contribution in [2.24, 2.45) is 5.73 Å². The van der Waals surface area contributed by atoms with E-state index < -0.39 is 34.7 Å². The topological polar surface area (TPSA) is 371 Å². The summed E-state index contributed by atoms with van der Waals surface area (Å²) < 4.78 is 82.3. The molecule has 0 unspecified atom stereocenters. The minimum Gasteiger partial charge on any atom is -0.455 e. The number of benzene rings is 3. The summed E-state index contributed by atoms with van der Waals surface area (Å²) in [5, 5.41) is 37.6. The number of hydrogen-bond acceptors (Lipinski definition) is 27. The van der Waals surface area contributed by atoms with Crippen molar-refractivity contribution in [2.75, 3.05) is 61.9 Å². The van der Waals surface area contributed by atoms with E-state index in [1.807, 2.05) is 83.0 Å². The van der Waals surface area contributed by atoms with Gasteiger partial charge in [0.05, 0.1) is 17.1 Å². The first-order valence-electron chi connectivity index (χ1n) is 39.7. The first-order chi connectivity index (χ1) is 59.7. The number of amides is 2. The molecule has 3 saturated heterocycles. The number of anilines is 5. The number of ether oxygens (including phenoxy) is 5. The van der Waals surface area contributed by atoms with Gasteiger partial charge in [0.15, 0.2) is 46.0 Å². The Balaban J connectivity index is 0.000000133. The Morgan fingerprint density at radius 3 is 1.16 bits per heavy atom. The van der Waals surface area contributed by atoms with E-state index in [2.05, 4.69) is 103 Å². The first-order valence-corrected chi connectivity index (χ1v) is 42.1. The Morgan fingerprint density at radius 2 is 0.774 bits per heavy atom. The van der Waals surface area contributed by atoms with E-state index in [9.17, 15) is 14.0 Å². The maximum atomic E-state index is 15.5. The molecule has 2 amide bonds. The molecular formula is C83H89Cl3F3N27O7S. The molecule has 15 heterocycles. The van der Waals surface area contributed by atoms with Crippen LogP contribution in [0.25, 0.3) is 33.5 Å². The smallest absolute Gasteiger partial charge is 0.407 e. The molecule has 41 heteroatoms. The first kappa shape index (κ1) is 86.5. The van der Waals surface area contributed by atoms with E-state index in [4.69, 9.17) is 70.0 Å². The minimum atomic E-state index is -0.692. The molecule has 3 aliphatic rings. The fourth-order valence-electron chi connectivity index (χ4n) is 14.2. The molecule has 12 aromatic heterocycles. The lowest BCUT2D eigenvalue weighted by atomic mass is 10.0. The monoisotopic (exact) mass is 1770 g/mol. The zero-order valence-electron chi connectivity index (χ0n) is 68.5. The molecule has 0 spiro atoms. The number of thioether (sulfide) groups is 1. The van der Waals surface area contributed by atoms with Gasteiger partial charge in [0.1, 0.15) is 120 Å². The number of likely N-dealkylation sites (tertiary alicyclic amines) is 3. The van der Waals surface area contributed by atoms with E-state index in [0.29, 0.717) is 52.4 Å². The highest BCUT2D eigenvalue weighted by atomic mass is 35.5. The van der Waals surface area contributed by atoms with Gasteiger partial charge in [0.25, 0.3) is 0 Å². The summed E-state index contributed by atoms with van der Waals surface area (Å²) in [6, 6.07) is 25.9. The molecule has 3 fully saturated rings. The van der Waals surface area contributed by atoms with E-state index in [1.54, 1.807) is 120 Å². The third kappa shape index (κ3) is 21.2. The van der Waals surface area contributed by atoms with Gasteiger partial charge in [-0.05, 0) is 189 Å². The average Bonchev–Trinajstić information content (AvgIpc) is 1.61. The van der Waals surface area contributed by atoms with Crippen molar-refractivity contribution in [1.82, 2.24) is 113 Å². The summed E-state index contributed by atoms with van der Waals surface area (Å²) in [6.07, 6.45) is 26.2. The molecule has 0 atom stereocenters. The number of nitrogens with zero attached hydrogens (tertiary/aromatic N) is 21. The molecule has 34 nitrogen and oxygen atoms in total. The number of aromatic nitrogens is 18. The third-order valence-corrected chi connectivity index (χ3v) is 22.1. The zero-order chi connectivity index (χ0) is 86.9. The van der Waals surface area contributed by atoms with Gasteiger partial charge in [-0.3, -0.25) is 14.7 Å². The normalized spacial score (nSPS) is 14.7. The molecule has 15 aromatic rings. The van der Waals surface area contributed by atoms with Crippen molar-refractivity contribution >= 4 is 121 Å². The Morgan fingerprint density at radius 1 is 0.444 bits per heavy atom. The highest BCUT2D eigenvalue weighted by Crippen LogP contribution is 2.41. The molecule has 0 bridgehead atoms. The Hall–Kier alpha value is -12.4. The number of nitrogen functional groups attached to an aromatic ring is 1. The highest BCUT2D eigenvalue weighted by molar-refractivity contribution is 7.98. The summed E-state index contributed by atoms with van der Waals surface area (Å²) in [4.78, 5) is 56.6. The summed E-state index contributed by atoms with van der Waals surface area (Å²) in [6.45, 7) is 18.8. The number of nitrogens with one attached hydrogen (secondary N) is 4. The number of alkyl carbamates (subject to hydrolysis) is 2. The van der Waals surface area contributed by atoms with Gasteiger partial charge < -0.3 is 56.4 Å². The van der Waals surface area contributed by atoms with Gasteiger partial charge in [-0.15, -0.1) is 11.8 Å². The molecule has 3 aromatic carbocycles. The second-order valence-electron chi connectivity index (χ2n) is 31.5. The van der Waals surface area contributed by atoms with Crippen LogP contribution in [0.4, 0.5) is 51.5 Å². The lowest BCUT2D eigenvalue weighted by molar-refractivity contribution is 0.0466. The number of fused-ring (bicyclic) bond motifs is 6. The van der Waals surface area contributed by atoms with Crippen LogP contribution >= 0.6 is 46.6 Å². The summed E-state index contributed by atoms with van der Waals surface area (Å²) in [5.41, 5.74) is 18.4. The average molecular weight is 1770 g/mol. The van der Waals surface area contributed by atoms with Crippen LogP contribution in [0.15, 0.2) is 171 Å². The number of rotatable bonds is 19. The maximum Gasteiger partial charge on any atom is 0.407 e. The van der Waals surface area contributed by atoms with E-state index in [-0.39, 0.29) is 73.6 Å². The summed E-state index contributed by atoms with van der Waals surface area (Å²) in [7, 11) is 0. The van der Waals surface area contributed by atoms with Crippen LogP contribution in [0.5, 0.6) is 34.5 Å². The maximum absolute atomic E-state index is 15.5. The quantitative estimate of drug-likeness (QED) is 0.0323. The molecule has 8 N–H and O–H groups in total. The largest absolute Gasteiger partial charge is 0.455 e. The minimum absolute atomic E-state index is 0.0229. The van der Waals surface area contributed by atoms with Crippen LogP contribution in [0.1, 0.15) is 96.8 Å². The van der Waals surface area contributed by atoms with Crippen LogP contribution in [0.3, 0.4) is 0 Å². The van der Waals surface area contributed by atoms with Crippen molar-refractivity contribution < 1.29 is 46.4 Å². The third-order valence-electron chi connectivity index (χ3n) is 20.3. The van der Waals surface area contributed by atoms with Gasteiger partial charge in [-0.25, -0.2) is 79.8 Å². The molecule has 124 heavy (non-hydrogen) atoms. The number of halogens is 6. The van der Waals surface area contributed by atoms with Gasteiger partial charge in [0.2, 0.25) is 0 Å². The van der Waals surface area contributed by atoms with Crippen LogP contribution < -0.4 is 46.9 Å². The second-order valence-corrected chi connectivity index (χ2v) is 33.4. The zero-order valence-corrected chi connectivity index (χ0v) is 71.6. The Bertz CT molecular complexity index is 6290. The van der Waals surface area contributed by atoms with Crippen molar-refractivity contribution in [2.45, 2.75) is 134 Å². The fourth-order valence-corrected chi connectivity index (χ4v) is 15.4. The predicted octanol–water partition coefficient (Wildman–Crippen LogP) is 15.4. The molecule has 646 valence electrons. The van der Waals surface area contributed by atoms with E-state index in [1.165, 1.54) is 49.3 Å². The summed E-state index contributed by atoms with van der Waals surface area (Å²) in [5.74, 6) is 0.842. The standard InChI is InChI=1S/C29H31ClFN9O3.C24H23ClFN9O.C18H27N5O2S.C12H8ClFN4O/c1-29(2,3)43-28(41)36-19-7-10-38(11-8-19)15-18-6-12-40-26(18)27(33-17-35-40)37-21-4-5-22(24(30)25(21)31)42-20-9-13-39-23(14-20)32-16-34-39;25-21-19(36-17-6-10-34-20(11-17)28-13-30-34)2-1-18(22(21)26)32-24-23-15(3-9-35(23)31-14-29-24)12-33-7-4-16(27)5-8-33;1-18(2,3)25-17(24)21-14-6-8-22(9-7-14)11-13-5-10-23-15(13)16(26-4)19-12-20-23;13-11-9(2-1-8(15)12(11)14)19-7-3-4-18-10(5-7)16-6-17-18/h4-6,9,12-14,16-17,19H,7-8,10-11,15H2,1-3H3,(H,36,41)(H,33,35,37);1-3,6,9-11,13-14,16H,4-5,7-8,12,27H2,(H,29,31,32);5,10,12,14H,6-9,11H2,1-4H3,(H,21,24);1-6H,15H2. The highest BCUT2D eigenvalue weighted by Gasteiger charge is 2.29. The molecule has 0 aliphatic carbocycles. The fraction of sp³-hybridized carbons (Fsp3) is 0.325. The Labute approximate surface area is 727 Å². The van der Waals surface area contributed by atoms with Crippen LogP contribution in [-0.4, -0.2) is 189 Å². The van der Waals surface area contributed by atoms with Gasteiger partial charge in [-0.2, -0.15) is 30.6 Å². The number of pyridine rings is 3. The number of piperidine rings is 3. The lowest BCUT2D eigenvalue weighted by Crippen LogP contribution is -2.45. The van der Waals surface area contributed by atoms with Crippen molar-refractivity contribution in [1.29, 1.82) is 0 Å². The van der Waals surface area contributed by atoms with Gasteiger partial charge in [0, 0.05) is 119 Å². The van der Waals surface area contributed by atoms with Crippen molar-refractivity contribution in [3.63, 3.8) is 0 Å². The molecule has 0 saturated carbocycles. The predicted molar refractivity (Wildman–Crippen MR) is 463 cm³/mol. The van der Waals surface area contributed by atoms with E-state index in [0.717, 1.165) is 124 Å².